The zero-order valence-electron chi connectivity index (χ0n) is 30.7. The summed E-state index contributed by atoms with van der Waals surface area (Å²) in [6.07, 6.45) is 0. The third kappa shape index (κ3) is 4.25. The number of aromatic nitrogens is 1. The van der Waals surface area contributed by atoms with Crippen molar-refractivity contribution in [2.45, 2.75) is 19.3 Å². The van der Waals surface area contributed by atoms with Gasteiger partial charge in [-0.15, -0.1) is 0 Å². The second-order valence-electron chi connectivity index (χ2n) is 15.8. The Bertz CT molecular complexity index is 3180. The largest absolute Gasteiger partial charge is 0.310 e. The molecule has 0 fully saturated rings. The van der Waals surface area contributed by atoms with Crippen LogP contribution >= 0.6 is 0 Å². The minimum Gasteiger partial charge on any atom is -0.310 e. The molecule has 0 spiro atoms. The van der Waals surface area contributed by atoms with Crippen molar-refractivity contribution in [3.8, 4) is 39.1 Å². The van der Waals surface area contributed by atoms with Gasteiger partial charge in [-0.3, -0.25) is 0 Å². The smallest absolute Gasteiger partial charge is 0.0543 e. The Hall–Kier alpha value is -6.90. The van der Waals surface area contributed by atoms with Crippen molar-refractivity contribution in [2.75, 3.05) is 4.90 Å². The van der Waals surface area contributed by atoms with Gasteiger partial charge in [0.05, 0.1) is 16.7 Å². The Balaban J connectivity index is 0.991. The monoisotopic (exact) mass is 700 g/mol. The van der Waals surface area contributed by atoms with Gasteiger partial charge in [-0.05, 0) is 139 Å². The lowest BCUT2D eigenvalue weighted by atomic mass is 9.78. The lowest BCUT2D eigenvalue weighted by molar-refractivity contribution is 0.660. The van der Waals surface area contributed by atoms with Crippen molar-refractivity contribution in [3.05, 3.63) is 193 Å². The van der Waals surface area contributed by atoms with Crippen LogP contribution in [0.15, 0.2) is 182 Å². The molecule has 2 aliphatic carbocycles. The fourth-order valence-corrected chi connectivity index (χ4v) is 9.80. The molecule has 0 aliphatic heterocycles. The number of hydrogen-bond donors (Lipinski definition) is 0. The minimum atomic E-state index is -0.0717. The van der Waals surface area contributed by atoms with Gasteiger partial charge in [0.1, 0.15) is 0 Å². The van der Waals surface area contributed by atoms with E-state index in [0.29, 0.717) is 0 Å². The maximum Gasteiger partial charge on any atom is 0.0543 e. The topological polar surface area (TPSA) is 8.17 Å². The van der Waals surface area contributed by atoms with Crippen LogP contribution in [0.2, 0.25) is 0 Å². The van der Waals surface area contributed by atoms with Crippen LogP contribution in [-0.2, 0) is 5.41 Å². The van der Waals surface area contributed by atoms with Gasteiger partial charge in [-0.1, -0.05) is 117 Å². The zero-order valence-corrected chi connectivity index (χ0v) is 30.7. The number of para-hydroxylation sites is 3. The molecule has 10 aromatic rings. The molecule has 0 unspecified atom stereocenters. The highest BCUT2D eigenvalue weighted by Gasteiger charge is 2.37. The second kappa shape index (κ2) is 11.1. The molecule has 0 saturated heterocycles. The van der Waals surface area contributed by atoms with Gasteiger partial charge < -0.3 is 9.47 Å². The summed E-state index contributed by atoms with van der Waals surface area (Å²) in [5.41, 5.74) is 17.8. The molecule has 9 aromatic carbocycles. The summed E-state index contributed by atoms with van der Waals surface area (Å²) < 4.78 is 2.41. The van der Waals surface area contributed by atoms with Crippen LogP contribution in [0.5, 0.6) is 0 Å². The minimum absolute atomic E-state index is 0.0717. The van der Waals surface area contributed by atoms with E-state index < -0.39 is 0 Å². The molecular formula is C53H36N2. The Labute approximate surface area is 320 Å². The molecule has 1 heterocycles. The molecule has 0 saturated carbocycles. The molecule has 12 rings (SSSR count). The van der Waals surface area contributed by atoms with Crippen LogP contribution in [0, 0.1) is 0 Å². The van der Waals surface area contributed by atoms with Crippen LogP contribution < -0.4 is 4.90 Å². The lowest BCUT2D eigenvalue weighted by Crippen LogP contribution is -2.16. The van der Waals surface area contributed by atoms with Gasteiger partial charge in [0.2, 0.25) is 0 Å². The number of anilines is 3. The van der Waals surface area contributed by atoms with Crippen molar-refractivity contribution in [1.82, 2.24) is 4.57 Å². The lowest BCUT2D eigenvalue weighted by Gasteiger charge is -2.29. The Kier molecular flexibility index (Phi) is 6.15. The first-order valence-corrected chi connectivity index (χ1v) is 19.3. The first-order chi connectivity index (χ1) is 27.0. The molecule has 0 atom stereocenters. The molecule has 2 aliphatic rings. The Morgan fingerprint density at radius 2 is 0.964 bits per heavy atom. The predicted molar refractivity (Wildman–Crippen MR) is 232 cm³/mol. The van der Waals surface area contributed by atoms with Gasteiger partial charge in [-0.2, -0.15) is 0 Å². The second-order valence-corrected chi connectivity index (χ2v) is 15.8. The fourth-order valence-electron chi connectivity index (χ4n) is 9.80. The first kappa shape index (κ1) is 30.6. The summed E-state index contributed by atoms with van der Waals surface area (Å²) in [5.74, 6) is 0. The van der Waals surface area contributed by atoms with Gasteiger partial charge in [0, 0.05) is 38.8 Å². The van der Waals surface area contributed by atoms with Gasteiger partial charge in [0.25, 0.3) is 0 Å². The molecule has 2 nitrogen and oxygen atoms in total. The average Bonchev–Trinajstić information content (AvgIpc) is 3.69. The Morgan fingerprint density at radius 3 is 1.67 bits per heavy atom. The third-order valence-corrected chi connectivity index (χ3v) is 12.4. The van der Waals surface area contributed by atoms with Crippen LogP contribution in [0.1, 0.15) is 25.0 Å². The van der Waals surface area contributed by atoms with Crippen molar-refractivity contribution in [2.24, 2.45) is 0 Å². The number of hydrogen-bond acceptors (Lipinski definition) is 1. The van der Waals surface area contributed by atoms with Crippen molar-refractivity contribution < 1.29 is 0 Å². The summed E-state index contributed by atoms with van der Waals surface area (Å²) >= 11 is 0. The number of fused-ring (bicyclic) bond motifs is 12. The highest BCUT2D eigenvalue weighted by Crippen LogP contribution is 2.55. The molecule has 0 amide bonds. The molecule has 1 aromatic heterocycles. The van der Waals surface area contributed by atoms with E-state index in [1.165, 1.54) is 99.2 Å². The van der Waals surface area contributed by atoms with E-state index in [2.05, 4.69) is 205 Å². The molecule has 2 heteroatoms. The van der Waals surface area contributed by atoms with E-state index >= 15 is 0 Å². The van der Waals surface area contributed by atoms with E-state index in [1.807, 2.05) is 0 Å². The molecule has 0 N–H and O–H groups in total. The summed E-state index contributed by atoms with van der Waals surface area (Å²) in [4.78, 5) is 2.45. The van der Waals surface area contributed by atoms with Crippen LogP contribution in [0.25, 0.3) is 82.4 Å². The maximum atomic E-state index is 2.45. The van der Waals surface area contributed by atoms with Crippen molar-refractivity contribution >= 4 is 60.4 Å². The predicted octanol–water partition coefficient (Wildman–Crippen LogP) is 14.5. The van der Waals surface area contributed by atoms with Gasteiger partial charge in [-0.25, -0.2) is 0 Å². The summed E-state index contributed by atoms with van der Waals surface area (Å²) in [5, 5.41) is 7.60. The van der Waals surface area contributed by atoms with Crippen LogP contribution in [-0.4, -0.2) is 4.57 Å². The SMILES string of the molecule is CC1(C)c2ccccc2-c2c(N(c3ccccc3)c3ccc4cc5c(cc4c3)-c3cc4cc(-n6c7ccccc7c7ccccc76)ccc4cc3-5)cccc21. The fraction of sp³-hybridized carbons (Fsp3) is 0.0566. The van der Waals surface area contributed by atoms with E-state index in [-0.39, 0.29) is 5.41 Å². The summed E-state index contributed by atoms with van der Waals surface area (Å²) in [6, 6.07) is 67.6. The Morgan fingerprint density at radius 1 is 0.400 bits per heavy atom. The highest BCUT2D eigenvalue weighted by atomic mass is 15.1. The molecule has 0 bridgehead atoms. The number of rotatable bonds is 4. The normalized spacial score (nSPS) is 13.4. The number of nitrogens with zero attached hydrogens (tertiary/aromatic N) is 2. The van der Waals surface area contributed by atoms with E-state index in [4.69, 9.17) is 0 Å². The van der Waals surface area contributed by atoms with Crippen LogP contribution in [0.4, 0.5) is 17.1 Å². The first-order valence-electron chi connectivity index (χ1n) is 19.3. The van der Waals surface area contributed by atoms with E-state index in [9.17, 15) is 0 Å². The zero-order chi connectivity index (χ0) is 36.4. The van der Waals surface area contributed by atoms with Gasteiger partial charge in [0.15, 0.2) is 0 Å². The molecule has 0 radical (unpaired) electrons. The van der Waals surface area contributed by atoms with Crippen molar-refractivity contribution in [1.29, 1.82) is 0 Å². The highest BCUT2D eigenvalue weighted by molar-refractivity contribution is 6.13. The quantitative estimate of drug-likeness (QED) is 0.177. The van der Waals surface area contributed by atoms with Crippen LogP contribution in [0.3, 0.4) is 0 Å². The standard InChI is InChI=1S/C53H36N2/c1-53(2)47-18-9-6-17-42(47)52-48(53)19-12-22-51(52)54(37-13-4-3-5-14-37)38-25-23-33-29-43-44-30-34-24-26-39(28-36(34)32-46(44)45(43)31-35(33)27-38)55-49-20-10-7-15-40(49)41-16-8-11-21-50(41)55/h3-32H,1-2H3. The maximum absolute atomic E-state index is 2.45. The third-order valence-electron chi connectivity index (χ3n) is 12.4. The van der Waals surface area contributed by atoms with E-state index in [1.54, 1.807) is 0 Å². The van der Waals surface area contributed by atoms with Crippen molar-refractivity contribution in [3.63, 3.8) is 0 Å². The number of benzene rings is 9. The average molecular weight is 701 g/mol. The summed E-state index contributed by atoms with van der Waals surface area (Å²) in [6.45, 7) is 4.71. The molecular weight excluding hydrogens is 665 g/mol. The molecule has 258 valence electrons. The van der Waals surface area contributed by atoms with E-state index in [0.717, 1.165) is 11.4 Å². The van der Waals surface area contributed by atoms with Gasteiger partial charge >= 0.3 is 0 Å². The summed E-state index contributed by atoms with van der Waals surface area (Å²) in [7, 11) is 0. The molecule has 55 heavy (non-hydrogen) atoms.